The zero-order valence-electron chi connectivity index (χ0n) is 12.1. The lowest BCUT2D eigenvalue weighted by molar-refractivity contribution is 0.234. The molecular formula is C15H21N5O. The predicted molar refractivity (Wildman–Crippen MR) is 82.0 cm³/mol. The molecule has 0 unspecified atom stereocenters. The van der Waals surface area contributed by atoms with Crippen LogP contribution in [0.15, 0.2) is 24.5 Å². The lowest BCUT2D eigenvalue weighted by Crippen LogP contribution is -2.32. The van der Waals surface area contributed by atoms with Crippen LogP contribution in [0, 0.1) is 11.3 Å². The molecule has 2 heterocycles. The van der Waals surface area contributed by atoms with Crippen LogP contribution < -0.4 is 10.8 Å². The summed E-state index contributed by atoms with van der Waals surface area (Å²) in [4.78, 5) is 0. The Morgan fingerprint density at radius 3 is 3.00 bits per heavy atom. The van der Waals surface area contributed by atoms with Crippen molar-refractivity contribution in [3.8, 4) is 0 Å². The van der Waals surface area contributed by atoms with E-state index in [9.17, 15) is 0 Å². The van der Waals surface area contributed by atoms with E-state index in [1.165, 1.54) is 19.3 Å². The van der Waals surface area contributed by atoms with Crippen LogP contribution in [0.25, 0.3) is 5.52 Å². The van der Waals surface area contributed by atoms with Gasteiger partial charge in [-0.1, -0.05) is 19.8 Å². The van der Waals surface area contributed by atoms with Gasteiger partial charge in [-0.25, -0.2) is 4.52 Å². The van der Waals surface area contributed by atoms with Gasteiger partial charge in [0.05, 0.1) is 23.0 Å². The molecule has 1 fully saturated rings. The molecule has 0 aromatic carbocycles. The summed E-state index contributed by atoms with van der Waals surface area (Å²) in [5.74, 6) is 0.559. The van der Waals surface area contributed by atoms with E-state index in [0.717, 1.165) is 17.6 Å². The van der Waals surface area contributed by atoms with E-state index in [1.54, 1.807) is 10.7 Å². The summed E-state index contributed by atoms with van der Waals surface area (Å²) >= 11 is 0. The topological polar surface area (TPSA) is 85.4 Å². The Morgan fingerprint density at radius 1 is 1.43 bits per heavy atom. The average molecular weight is 287 g/mol. The van der Waals surface area contributed by atoms with E-state index in [2.05, 4.69) is 17.3 Å². The summed E-state index contributed by atoms with van der Waals surface area (Å²) in [6.07, 6.45) is 8.37. The number of anilines is 1. The van der Waals surface area contributed by atoms with Gasteiger partial charge in [0.15, 0.2) is 5.84 Å². The molecule has 2 aromatic rings. The molecule has 0 spiro atoms. The minimum atomic E-state index is -0.0443. The number of hydroxylamine groups is 1. The van der Waals surface area contributed by atoms with Gasteiger partial charge in [0.1, 0.15) is 0 Å². The van der Waals surface area contributed by atoms with Crippen LogP contribution in [-0.2, 0) is 0 Å². The molecule has 0 amide bonds. The van der Waals surface area contributed by atoms with Gasteiger partial charge < -0.3 is 5.32 Å². The molecule has 1 aliphatic carbocycles. The van der Waals surface area contributed by atoms with Gasteiger partial charge >= 0.3 is 0 Å². The molecule has 6 nitrogen and oxygen atoms in total. The Hall–Kier alpha value is -2.08. The first kappa shape index (κ1) is 13.9. The molecule has 2 atom stereocenters. The Labute approximate surface area is 123 Å². The third-order valence-corrected chi connectivity index (χ3v) is 4.39. The van der Waals surface area contributed by atoms with Gasteiger partial charge in [-0.15, -0.1) is 0 Å². The number of fused-ring (bicyclic) bond motifs is 1. The smallest absolute Gasteiger partial charge is 0.153 e. The molecule has 0 saturated heterocycles. The first-order valence-electron chi connectivity index (χ1n) is 7.42. The fourth-order valence-electron chi connectivity index (χ4n) is 3.11. The minimum absolute atomic E-state index is 0.0443. The van der Waals surface area contributed by atoms with Gasteiger partial charge in [-0.3, -0.25) is 16.1 Å². The van der Waals surface area contributed by atoms with Crippen molar-refractivity contribution in [2.24, 2.45) is 5.92 Å². The molecule has 6 heteroatoms. The van der Waals surface area contributed by atoms with Gasteiger partial charge in [0, 0.05) is 12.2 Å². The highest BCUT2D eigenvalue weighted by Crippen LogP contribution is 2.30. The summed E-state index contributed by atoms with van der Waals surface area (Å²) in [6.45, 7) is 2.27. The molecule has 0 radical (unpaired) electrons. The van der Waals surface area contributed by atoms with Crippen LogP contribution in [0.2, 0.25) is 0 Å². The summed E-state index contributed by atoms with van der Waals surface area (Å²) in [6, 6.07) is 4.29. The molecule has 4 N–H and O–H groups in total. The van der Waals surface area contributed by atoms with Crippen molar-refractivity contribution < 1.29 is 5.21 Å². The summed E-state index contributed by atoms with van der Waals surface area (Å²) in [5, 5.41) is 24.8. The normalized spacial score (nSPS) is 22.2. The van der Waals surface area contributed by atoms with E-state index < -0.39 is 0 Å². The van der Waals surface area contributed by atoms with E-state index >= 15 is 0 Å². The number of hydrogen-bond acceptors (Lipinski definition) is 4. The molecule has 2 aromatic heterocycles. The van der Waals surface area contributed by atoms with Gasteiger partial charge in [0.25, 0.3) is 0 Å². The first-order valence-corrected chi connectivity index (χ1v) is 7.42. The molecule has 0 aliphatic heterocycles. The van der Waals surface area contributed by atoms with Crippen LogP contribution in [0.5, 0.6) is 0 Å². The van der Waals surface area contributed by atoms with Crippen molar-refractivity contribution in [3.05, 3.63) is 30.1 Å². The second-order valence-electron chi connectivity index (χ2n) is 5.77. The highest BCUT2D eigenvalue weighted by Gasteiger charge is 2.23. The van der Waals surface area contributed by atoms with Gasteiger partial charge in [-0.05, 0) is 30.9 Å². The van der Waals surface area contributed by atoms with Crippen molar-refractivity contribution in [3.63, 3.8) is 0 Å². The summed E-state index contributed by atoms with van der Waals surface area (Å²) < 4.78 is 1.78. The molecule has 1 saturated carbocycles. The number of rotatable bonds is 3. The van der Waals surface area contributed by atoms with Crippen molar-refractivity contribution in [1.82, 2.24) is 15.1 Å². The maximum atomic E-state index is 9.06. The molecule has 1 aliphatic rings. The summed E-state index contributed by atoms with van der Waals surface area (Å²) in [7, 11) is 0. The maximum absolute atomic E-state index is 9.06. The van der Waals surface area contributed by atoms with E-state index in [-0.39, 0.29) is 5.84 Å². The average Bonchev–Trinajstić information content (AvgIpc) is 2.98. The Kier molecular flexibility index (Phi) is 3.79. The summed E-state index contributed by atoms with van der Waals surface area (Å²) in [5.41, 5.74) is 4.29. The highest BCUT2D eigenvalue weighted by atomic mass is 16.5. The maximum Gasteiger partial charge on any atom is 0.153 e. The monoisotopic (exact) mass is 287 g/mol. The zero-order chi connectivity index (χ0) is 14.8. The SMILES string of the molecule is C[C@H]1CCCC[C@H]1Nc1c(C(=N)NO)cnn2cccc12. The van der Waals surface area contributed by atoms with Gasteiger partial charge in [0.2, 0.25) is 0 Å². The second-order valence-corrected chi connectivity index (χ2v) is 5.77. The highest BCUT2D eigenvalue weighted by molar-refractivity contribution is 6.03. The van der Waals surface area contributed by atoms with Crippen LogP contribution in [-0.4, -0.2) is 26.7 Å². The van der Waals surface area contributed by atoms with Crippen LogP contribution in [0.1, 0.15) is 38.2 Å². The zero-order valence-corrected chi connectivity index (χ0v) is 12.1. The van der Waals surface area contributed by atoms with E-state index in [1.807, 2.05) is 23.8 Å². The number of nitrogens with zero attached hydrogens (tertiary/aromatic N) is 2. The fraction of sp³-hybridized carbons (Fsp3) is 0.467. The van der Waals surface area contributed by atoms with Gasteiger partial charge in [-0.2, -0.15) is 5.10 Å². The molecular weight excluding hydrogens is 266 g/mol. The second kappa shape index (κ2) is 5.73. The van der Waals surface area contributed by atoms with Crippen molar-refractivity contribution >= 4 is 17.0 Å². The number of hydrogen-bond donors (Lipinski definition) is 4. The first-order chi connectivity index (χ1) is 10.2. The predicted octanol–water partition coefficient (Wildman–Crippen LogP) is 2.63. The number of nitrogens with one attached hydrogen (secondary N) is 3. The van der Waals surface area contributed by atoms with Crippen molar-refractivity contribution in [2.75, 3.05) is 5.32 Å². The molecule has 112 valence electrons. The van der Waals surface area contributed by atoms with E-state index in [4.69, 9.17) is 10.6 Å². The number of aromatic nitrogens is 2. The molecule has 0 bridgehead atoms. The minimum Gasteiger partial charge on any atom is -0.380 e. The largest absolute Gasteiger partial charge is 0.380 e. The van der Waals surface area contributed by atoms with Crippen LogP contribution >= 0.6 is 0 Å². The Morgan fingerprint density at radius 2 is 2.24 bits per heavy atom. The lowest BCUT2D eigenvalue weighted by Gasteiger charge is -2.31. The van der Waals surface area contributed by atoms with Crippen LogP contribution in [0.4, 0.5) is 5.69 Å². The lowest BCUT2D eigenvalue weighted by atomic mass is 9.85. The Bertz CT molecular complexity index is 651. The number of amidine groups is 1. The Balaban J connectivity index is 2.01. The standard InChI is InChI=1S/C15H21N5O/c1-10-5-2-3-6-12(10)18-14-11(15(16)19-21)9-17-20-8-4-7-13(14)20/h4,7-10,12,18,21H,2-3,5-6H2,1H3,(H2,16,19)/t10-,12+/m0/s1. The van der Waals surface area contributed by atoms with Crippen LogP contribution in [0.3, 0.4) is 0 Å². The third kappa shape index (κ3) is 2.58. The quantitative estimate of drug-likeness (QED) is 0.397. The van der Waals surface area contributed by atoms with Crippen molar-refractivity contribution in [1.29, 1.82) is 5.41 Å². The molecule has 21 heavy (non-hydrogen) atoms. The molecule has 3 rings (SSSR count). The fourth-order valence-corrected chi connectivity index (χ4v) is 3.11. The van der Waals surface area contributed by atoms with E-state index in [0.29, 0.717) is 17.5 Å². The van der Waals surface area contributed by atoms with Crippen molar-refractivity contribution in [2.45, 2.75) is 38.6 Å². The third-order valence-electron chi connectivity index (χ3n) is 4.39.